The van der Waals surface area contributed by atoms with Crippen LogP contribution in [0.1, 0.15) is 23.3 Å². The Hall–Kier alpha value is -2.27. The van der Waals surface area contributed by atoms with Crippen LogP contribution in [0, 0.1) is 5.92 Å². The van der Waals surface area contributed by atoms with Crippen LogP contribution in [0.4, 0.5) is 0 Å². The van der Waals surface area contributed by atoms with Crippen molar-refractivity contribution in [2.24, 2.45) is 5.92 Å². The van der Waals surface area contributed by atoms with Crippen molar-refractivity contribution >= 4 is 33.2 Å². The van der Waals surface area contributed by atoms with Crippen molar-refractivity contribution < 1.29 is 18.0 Å². The molecular weight excluding hydrogens is 460 g/mol. The molecule has 0 atom stereocenters. The van der Waals surface area contributed by atoms with Gasteiger partial charge in [-0.25, -0.2) is 12.7 Å². The van der Waals surface area contributed by atoms with Crippen LogP contribution in [0.15, 0.2) is 46.7 Å². The molecule has 2 heterocycles. The lowest BCUT2D eigenvalue weighted by molar-refractivity contribution is -0.126. The third-order valence-electron chi connectivity index (χ3n) is 5.78. The number of piperidine rings is 1. The quantitative estimate of drug-likeness (QED) is 0.526. The Kier molecular flexibility index (Phi) is 9.02. The van der Waals surface area contributed by atoms with Gasteiger partial charge in [0.25, 0.3) is 0 Å². The highest BCUT2D eigenvalue weighted by Crippen LogP contribution is 2.19. The number of nitrogens with zero attached hydrogens (tertiary/aromatic N) is 2. The van der Waals surface area contributed by atoms with E-state index in [1.165, 1.54) is 19.0 Å². The van der Waals surface area contributed by atoms with Crippen LogP contribution in [0.25, 0.3) is 0 Å². The lowest BCUT2D eigenvalue weighted by Gasteiger charge is -2.30. The van der Waals surface area contributed by atoms with E-state index in [0.29, 0.717) is 25.2 Å². The smallest absolute Gasteiger partial charge is 0.242 e. The van der Waals surface area contributed by atoms with Crippen LogP contribution in [-0.2, 0) is 32.6 Å². The van der Waals surface area contributed by atoms with Crippen molar-refractivity contribution in [3.8, 4) is 0 Å². The molecule has 2 N–H and O–H groups in total. The molecule has 3 rings (SSSR count). The molecule has 1 aliphatic heterocycles. The van der Waals surface area contributed by atoms with E-state index in [9.17, 15) is 18.0 Å². The number of thiophene rings is 1. The molecule has 2 amide bonds. The minimum atomic E-state index is -3.58. The molecule has 33 heavy (non-hydrogen) atoms. The topological polar surface area (TPSA) is 98.8 Å². The molecule has 1 saturated heterocycles. The minimum Gasteiger partial charge on any atom is -0.355 e. The van der Waals surface area contributed by atoms with E-state index in [2.05, 4.69) is 16.7 Å². The van der Waals surface area contributed by atoms with Gasteiger partial charge in [-0.3, -0.25) is 14.5 Å². The predicted octanol–water partition coefficient (Wildman–Crippen LogP) is 1.69. The van der Waals surface area contributed by atoms with Crippen LogP contribution in [0.3, 0.4) is 0 Å². The van der Waals surface area contributed by atoms with E-state index < -0.39 is 10.0 Å². The summed E-state index contributed by atoms with van der Waals surface area (Å²) >= 11 is 1.69. The molecule has 1 fully saturated rings. The second-order valence-corrected chi connectivity index (χ2v) is 11.5. The number of rotatable bonds is 10. The van der Waals surface area contributed by atoms with Gasteiger partial charge in [-0.05, 0) is 55.4 Å². The second-order valence-electron chi connectivity index (χ2n) is 8.34. The summed E-state index contributed by atoms with van der Waals surface area (Å²) in [5.41, 5.74) is 0.553. The zero-order valence-corrected chi connectivity index (χ0v) is 20.8. The van der Waals surface area contributed by atoms with E-state index in [1.54, 1.807) is 35.6 Å². The first-order valence-electron chi connectivity index (χ1n) is 11.1. The minimum absolute atomic E-state index is 0.0178. The maximum atomic E-state index is 12.5. The van der Waals surface area contributed by atoms with E-state index in [4.69, 9.17) is 0 Å². The van der Waals surface area contributed by atoms with Gasteiger partial charge in [-0.2, -0.15) is 0 Å². The Morgan fingerprint density at radius 2 is 1.82 bits per heavy atom. The van der Waals surface area contributed by atoms with Gasteiger partial charge in [0.1, 0.15) is 0 Å². The fourth-order valence-electron chi connectivity index (χ4n) is 3.81. The summed E-state index contributed by atoms with van der Waals surface area (Å²) in [4.78, 5) is 28.4. The molecule has 0 radical (unpaired) electrons. The Labute approximate surface area is 200 Å². The molecule has 10 heteroatoms. The van der Waals surface area contributed by atoms with Crippen molar-refractivity contribution in [3.05, 3.63) is 52.2 Å². The van der Waals surface area contributed by atoms with Gasteiger partial charge >= 0.3 is 0 Å². The Bertz CT molecular complexity index is 1030. The molecule has 0 bridgehead atoms. The Morgan fingerprint density at radius 3 is 2.48 bits per heavy atom. The number of benzene rings is 1. The highest BCUT2D eigenvalue weighted by Gasteiger charge is 2.26. The van der Waals surface area contributed by atoms with E-state index in [1.807, 2.05) is 16.3 Å². The number of hydrogen-bond acceptors (Lipinski definition) is 6. The zero-order valence-electron chi connectivity index (χ0n) is 19.1. The second kappa shape index (κ2) is 11.7. The van der Waals surface area contributed by atoms with Gasteiger partial charge in [0.05, 0.1) is 11.4 Å². The molecule has 0 saturated carbocycles. The lowest BCUT2D eigenvalue weighted by Crippen LogP contribution is -2.44. The van der Waals surface area contributed by atoms with Gasteiger partial charge in [0, 0.05) is 38.0 Å². The molecule has 8 nitrogen and oxygen atoms in total. The van der Waals surface area contributed by atoms with Crippen LogP contribution in [-0.4, -0.2) is 69.7 Å². The average Bonchev–Trinajstić information content (AvgIpc) is 3.31. The van der Waals surface area contributed by atoms with Crippen molar-refractivity contribution in [2.45, 2.75) is 30.7 Å². The zero-order chi connectivity index (χ0) is 23.8. The van der Waals surface area contributed by atoms with Crippen LogP contribution in [0.2, 0.25) is 0 Å². The fraction of sp³-hybridized carbons (Fsp3) is 0.478. The highest BCUT2D eigenvalue weighted by atomic mass is 32.2. The van der Waals surface area contributed by atoms with Crippen molar-refractivity contribution in [3.63, 3.8) is 0 Å². The Morgan fingerprint density at radius 1 is 1.09 bits per heavy atom. The summed E-state index contributed by atoms with van der Waals surface area (Å²) in [6.45, 7) is 2.39. The normalized spacial score (nSPS) is 15.5. The van der Waals surface area contributed by atoms with Crippen molar-refractivity contribution in [1.82, 2.24) is 19.8 Å². The maximum absolute atomic E-state index is 12.5. The van der Waals surface area contributed by atoms with Gasteiger partial charge in [0.15, 0.2) is 0 Å². The van der Waals surface area contributed by atoms with Crippen molar-refractivity contribution in [2.75, 3.05) is 40.3 Å². The number of carbonyl (C=O) groups is 2. The molecule has 0 spiro atoms. The first kappa shape index (κ1) is 25.4. The molecular formula is C23H32N4O4S2. The SMILES string of the molecule is CN(C)S(=O)(=O)c1ccccc1CNC(=O)CN1CCC(C(=O)NCCc2cccs2)CC1. The largest absolute Gasteiger partial charge is 0.355 e. The van der Waals surface area contributed by atoms with Gasteiger partial charge < -0.3 is 10.6 Å². The van der Waals surface area contributed by atoms with Gasteiger partial charge in [-0.15, -0.1) is 11.3 Å². The lowest BCUT2D eigenvalue weighted by atomic mass is 9.96. The van der Waals surface area contributed by atoms with Crippen LogP contribution in [0.5, 0.6) is 0 Å². The number of carbonyl (C=O) groups excluding carboxylic acids is 2. The summed E-state index contributed by atoms with van der Waals surface area (Å²) < 4.78 is 26.2. The third kappa shape index (κ3) is 7.10. The maximum Gasteiger partial charge on any atom is 0.242 e. The monoisotopic (exact) mass is 492 g/mol. The molecule has 1 aliphatic rings. The van der Waals surface area contributed by atoms with Crippen molar-refractivity contribution in [1.29, 1.82) is 0 Å². The summed E-state index contributed by atoms with van der Waals surface area (Å²) in [6, 6.07) is 10.8. The standard InChI is InChI=1S/C23H32N4O4S2/c1-26(2)33(30,31)21-8-4-3-6-19(21)16-25-22(28)17-27-13-10-18(11-14-27)23(29)24-12-9-20-7-5-15-32-20/h3-8,15,18H,9-14,16-17H2,1-2H3,(H,24,29)(H,25,28). The number of amides is 2. The van der Waals surface area contributed by atoms with Crippen LogP contribution < -0.4 is 10.6 Å². The number of nitrogens with one attached hydrogen (secondary N) is 2. The average molecular weight is 493 g/mol. The summed E-state index contributed by atoms with van der Waals surface area (Å²) in [7, 11) is -0.613. The molecule has 1 aromatic heterocycles. The summed E-state index contributed by atoms with van der Waals surface area (Å²) in [6.07, 6.45) is 2.30. The molecule has 0 unspecified atom stereocenters. The van der Waals surface area contributed by atoms with Crippen LogP contribution >= 0.6 is 11.3 Å². The number of hydrogen-bond donors (Lipinski definition) is 2. The fourth-order valence-corrected chi connectivity index (χ4v) is 5.64. The summed E-state index contributed by atoms with van der Waals surface area (Å²) in [5.74, 6) is -0.0870. The first-order valence-corrected chi connectivity index (χ1v) is 13.4. The first-order chi connectivity index (χ1) is 15.8. The molecule has 0 aliphatic carbocycles. The summed E-state index contributed by atoms with van der Waals surface area (Å²) in [5, 5.41) is 7.89. The highest BCUT2D eigenvalue weighted by molar-refractivity contribution is 7.89. The molecule has 1 aromatic carbocycles. The van der Waals surface area contributed by atoms with Gasteiger partial charge in [0.2, 0.25) is 21.8 Å². The number of likely N-dealkylation sites (tertiary alicyclic amines) is 1. The third-order valence-corrected chi connectivity index (χ3v) is 8.64. The van der Waals surface area contributed by atoms with E-state index in [0.717, 1.165) is 23.6 Å². The van der Waals surface area contributed by atoms with E-state index >= 15 is 0 Å². The van der Waals surface area contributed by atoms with E-state index in [-0.39, 0.29) is 35.7 Å². The number of sulfonamides is 1. The predicted molar refractivity (Wildman–Crippen MR) is 129 cm³/mol. The molecule has 2 aromatic rings. The molecule has 180 valence electrons. The Balaban J connectivity index is 1.41. The van der Waals surface area contributed by atoms with Gasteiger partial charge in [-0.1, -0.05) is 24.3 Å².